The zero-order valence-corrected chi connectivity index (χ0v) is 23.4. The van der Waals surface area contributed by atoms with Crippen LogP contribution in [-0.2, 0) is 22.7 Å². The fourth-order valence-electron chi connectivity index (χ4n) is 5.56. The van der Waals surface area contributed by atoms with E-state index in [-0.39, 0.29) is 31.5 Å². The van der Waals surface area contributed by atoms with Crippen molar-refractivity contribution in [3.63, 3.8) is 0 Å². The van der Waals surface area contributed by atoms with Gasteiger partial charge in [0.05, 0.1) is 30.4 Å². The van der Waals surface area contributed by atoms with Crippen molar-refractivity contribution in [2.45, 2.75) is 32.5 Å². The van der Waals surface area contributed by atoms with Gasteiger partial charge in [0.25, 0.3) is 5.91 Å². The number of fused-ring (bicyclic) bond motifs is 2. The fourth-order valence-corrected chi connectivity index (χ4v) is 5.56. The average molecular weight is 551 g/mol. The molecule has 0 radical (unpaired) electrons. The average Bonchev–Trinajstić information content (AvgIpc) is 3.12. The Morgan fingerprint density at radius 3 is 2.29 bits per heavy atom. The van der Waals surface area contributed by atoms with Crippen LogP contribution in [0.2, 0.25) is 0 Å². The van der Waals surface area contributed by atoms with Gasteiger partial charge in [-0.1, -0.05) is 60.7 Å². The molecule has 0 spiro atoms. The van der Waals surface area contributed by atoms with Gasteiger partial charge < -0.3 is 26.0 Å². The molecule has 1 aliphatic heterocycles. The standard InChI is InChI=1S/C33H34N4O4/c1-21-12-15-23-8-4-5-9-25(23)26(21)18-36-28-10-6-7-11-29(28)37(30(39)24-16-13-22(20-38)14-17-24)19-27(31(36)40)33(2,35-3)32(34)41/h4-17,27,35,38H,18-20H2,1-3H3,(H2,34,41)/t27-,33?/m1/s1. The van der Waals surface area contributed by atoms with Gasteiger partial charge in [-0.05, 0) is 72.6 Å². The molecule has 0 saturated carbocycles. The van der Waals surface area contributed by atoms with E-state index in [4.69, 9.17) is 5.73 Å². The van der Waals surface area contributed by atoms with Gasteiger partial charge in [0.2, 0.25) is 11.8 Å². The molecule has 210 valence electrons. The molecule has 4 N–H and O–H groups in total. The quantitative estimate of drug-likeness (QED) is 0.323. The lowest BCUT2D eigenvalue weighted by molar-refractivity contribution is -0.133. The van der Waals surface area contributed by atoms with Crippen molar-refractivity contribution in [3.05, 3.63) is 107 Å². The number of anilines is 2. The van der Waals surface area contributed by atoms with Gasteiger partial charge in [0.1, 0.15) is 5.54 Å². The number of carbonyl (C=O) groups is 3. The van der Waals surface area contributed by atoms with Crippen molar-refractivity contribution in [2.75, 3.05) is 23.4 Å². The summed E-state index contributed by atoms with van der Waals surface area (Å²) in [6.45, 7) is 3.65. The molecule has 1 heterocycles. The summed E-state index contributed by atoms with van der Waals surface area (Å²) in [5.74, 6) is -2.32. The molecular formula is C33H34N4O4. The number of aliphatic hydroxyl groups is 1. The van der Waals surface area contributed by atoms with Crippen LogP contribution < -0.4 is 20.9 Å². The number of nitrogens with two attached hydrogens (primary N) is 1. The van der Waals surface area contributed by atoms with Crippen LogP contribution in [0.3, 0.4) is 0 Å². The second kappa shape index (κ2) is 11.2. The molecule has 41 heavy (non-hydrogen) atoms. The third kappa shape index (κ3) is 4.96. The van der Waals surface area contributed by atoms with Gasteiger partial charge in [-0.3, -0.25) is 14.4 Å². The zero-order chi connectivity index (χ0) is 29.3. The van der Waals surface area contributed by atoms with Crippen molar-refractivity contribution >= 4 is 39.9 Å². The number of rotatable bonds is 7. The van der Waals surface area contributed by atoms with Gasteiger partial charge in [-0.2, -0.15) is 0 Å². The smallest absolute Gasteiger partial charge is 0.258 e. The van der Waals surface area contributed by atoms with E-state index >= 15 is 0 Å². The highest BCUT2D eigenvalue weighted by molar-refractivity contribution is 6.12. The minimum Gasteiger partial charge on any atom is -0.392 e. The van der Waals surface area contributed by atoms with Gasteiger partial charge in [-0.15, -0.1) is 0 Å². The first-order chi connectivity index (χ1) is 19.7. The highest BCUT2D eigenvalue weighted by Gasteiger charge is 2.48. The predicted molar refractivity (Wildman–Crippen MR) is 161 cm³/mol. The van der Waals surface area contributed by atoms with E-state index in [2.05, 4.69) is 11.4 Å². The van der Waals surface area contributed by atoms with E-state index in [9.17, 15) is 19.5 Å². The summed E-state index contributed by atoms with van der Waals surface area (Å²) >= 11 is 0. The molecule has 0 aliphatic carbocycles. The number of amides is 3. The van der Waals surface area contributed by atoms with Crippen LogP contribution in [0.25, 0.3) is 10.8 Å². The number of carbonyl (C=O) groups excluding carboxylic acids is 3. The molecule has 8 nitrogen and oxygen atoms in total. The Labute approximate surface area is 239 Å². The predicted octanol–water partition coefficient (Wildman–Crippen LogP) is 3.91. The van der Waals surface area contributed by atoms with Crippen LogP contribution in [-0.4, -0.2) is 42.0 Å². The summed E-state index contributed by atoms with van der Waals surface area (Å²) in [5, 5.41) is 14.5. The molecule has 1 aliphatic rings. The molecule has 4 aromatic rings. The van der Waals surface area contributed by atoms with Crippen molar-refractivity contribution in [2.24, 2.45) is 11.7 Å². The van der Waals surface area contributed by atoms with Crippen molar-refractivity contribution in [1.82, 2.24) is 5.32 Å². The first kappa shape index (κ1) is 28.0. The maximum Gasteiger partial charge on any atom is 0.258 e. The first-order valence-corrected chi connectivity index (χ1v) is 13.6. The second-order valence-electron chi connectivity index (χ2n) is 10.6. The molecule has 2 atom stereocenters. The number of primary amides is 1. The largest absolute Gasteiger partial charge is 0.392 e. The number of benzene rings is 4. The lowest BCUT2D eigenvalue weighted by Crippen LogP contribution is -2.63. The second-order valence-corrected chi connectivity index (χ2v) is 10.6. The van der Waals surface area contributed by atoms with Crippen molar-refractivity contribution in [1.29, 1.82) is 0 Å². The topological polar surface area (TPSA) is 116 Å². The van der Waals surface area contributed by atoms with E-state index in [1.54, 1.807) is 48.0 Å². The molecule has 0 aromatic heterocycles. The van der Waals surface area contributed by atoms with Gasteiger partial charge in [0, 0.05) is 12.1 Å². The van der Waals surface area contributed by atoms with E-state index in [1.165, 1.54) is 0 Å². The van der Waals surface area contributed by atoms with Crippen LogP contribution in [0.4, 0.5) is 11.4 Å². The van der Waals surface area contributed by atoms with Crippen LogP contribution in [0.15, 0.2) is 84.9 Å². The Balaban J connectivity index is 1.70. The summed E-state index contributed by atoms with van der Waals surface area (Å²) in [5.41, 5.74) is 8.66. The molecule has 5 rings (SSSR count). The Hall–Kier alpha value is -4.53. The minimum absolute atomic E-state index is 0.0677. The maximum atomic E-state index is 14.6. The van der Waals surface area contributed by atoms with Crippen molar-refractivity contribution in [3.8, 4) is 0 Å². The minimum atomic E-state index is -1.44. The summed E-state index contributed by atoms with van der Waals surface area (Å²) in [4.78, 5) is 44.7. The number of aryl methyl sites for hydroxylation is 1. The summed E-state index contributed by atoms with van der Waals surface area (Å²) in [7, 11) is 1.59. The Morgan fingerprint density at radius 1 is 0.976 bits per heavy atom. The van der Waals surface area contributed by atoms with Crippen LogP contribution in [0.1, 0.15) is 34.0 Å². The Bertz CT molecular complexity index is 1630. The number of likely N-dealkylation sites (N-methyl/N-ethyl adjacent to an activating group) is 1. The zero-order valence-electron chi connectivity index (χ0n) is 23.4. The summed E-state index contributed by atoms with van der Waals surface area (Å²) < 4.78 is 0. The highest BCUT2D eigenvalue weighted by atomic mass is 16.3. The molecule has 1 unspecified atom stereocenters. The third-order valence-electron chi connectivity index (χ3n) is 8.34. The highest BCUT2D eigenvalue weighted by Crippen LogP contribution is 2.39. The number of aliphatic hydroxyl groups excluding tert-OH is 1. The van der Waals surface area contributed by atoms with Crippen molar-refractivity contribution < 1.29 is 19.5 Å². The van der Waals surface area contributed by atoms with Gasteiger partial charge >= 0.3 is 0 Å². The lowest BCUT2D eigenvalue weighted by Gasteiger charge is -2.36. The van der Waals surface area contributed by atoms with E-state index in [1.807, 2.05) is 61.5 Å². The molecule has 0 fully saturated rings. The van der Waals surface area contributed by atoms with Crippen LogP contribution in [0.5, 0.6) is 0 Å². The Kier molecular flexibility index (Phi) is 7.62. The molecule has 0 bridgehead atoms. The van der Waals surface area contributed by atoms with E-state index < -0.39 is 17.4 Å². The van der Waals surface area contributed by atoms with Crippen LogP contribution >= 0.6 is 0 Å². The number of nitrogens with one attached hydrogen (secondary N) is 1. The fraction of sp³-hybridized carbons (Fsp3) is 0.242. The first-order valence-electron chi connectivity index (χ1n) is 13.6. The SMILES string of the molecule is CNC(C)(C(N)=O)[C@@H]1CN(C(=O)c2ccc(CO)cc2)c2ccccc2N(Cc2c(C)ccc3ccccc23)C1=O. The van der Waals surface area contributed by atoms with E-state index in [0.717, 1.165) is 21.9 Å². The van der Waals surface area contributed by atoms with Gasteiger partial charge in [-0.25, -0.2) is 0 Å². The van der Waals surface area contributed by atoms with E-state index in [0.29, 0.717) is 22.5 Å². The molecule has 0 saturated heterocycles. The summed E-state index contributed by atoms with van der Waals surface area (Å²) in [6, 6.07) is 26.1. The molecular weight excluding hydrogens is 516 g/mol. The molecule has 4 aromatic carbocycles. The third-order valence-corrected chi connectivity index (χ3v) is 8.34. The number of para-hydroxylation sites is 2. The molecule has 3 amide bonds. The maximum absolute atomic E-state index is 14.6. The lowest BCUT2D eigenvalue weighted by atomic mass is 9.83. The molecule has 8 heteroatoms. The monoisotopic (exact) mass is 550 g/mol. The van der Waals surface area contributed by atoms with Crippen LogP contribution in [0, 0.1) is 12.8 Å². The normalized spacial score (nSPS) is 16.7. The summed E-state index contributed by atoms with van der Waals surface area (Å²) in [6.07, 6.45) is 0. The van der Waals surface area contributed by atoms with Gasteiger partial charge in [0.15, 0.2) is 0 Å². The Morgan fingerprint density at radius 2 is 1.63 bits per heavy atom. The number of hydrogen-bond donors (Lipinski definition) is 3. The number of nitrogens with zero attached hydrogens (tertiary/aromatic N) is 2. The number of hydrogen-bond acceptors (Lipinski definition) is 5.